The lowest BCUT2D eigenvalue weighted by atomic mass is 10.2. The van der Waals surface area contributed by atoms with Crippen molar-refractivity contribution in [1.29, 1.82) is 0 Å². The fourth-order valence-corrected chi connectivity index (χ4v) is 1.65. The molecule has 1 aromatic carbocycles. The number of nitrogens with one attached hydrogen (secondary N) is 1. The van der Waals surface area contributed by atoms with E-state index in [9.17, 15) is 4.79 Å². The largest absolute Gasteiger partial charge is 0.362 e. The Morgan fingerprint density at radius 1 is 1.35 bits per heavy atom. The van der Waals surface area contributed by atoms with Crippen LogP contribution < -0.4 is 16.0 Å². The average Bonchev–Trinajstić information content (AvgIpc) is 2.36. The van der Waals surface area contributed by atoms with Gasteiger partial charge in [0.1, 0.15) is 0 Å². The molecule has 0 saturated heterocycles. The van der Waals surface area contributed by atoms with Gasteiger partial charge in [0.25, 0.3) is 0 Å². The smallest absolute Gasteiger partial charge is 0.239 e. The number of rotatable bonds is 7. The highest BCUT2D eigenvalue weighted by Gasteiger charge is 2.09. The molecule has 1 aromatic rings. The highest BCUT2D eigenvalue weighted by Crippen LogP contribution is 2.12. The van der Waals surface area contributed by atoms with Crippen LogP contribution in [0.4, 0.5) is 5.69 Å². The van der Waals surface area contributed by atoms with E-state index in [1.807, 2.05) is 37.3 Å². The van der Waals surface area contributed by atoms with Gasteiger partial charge in [-0.25, -0.2) is 0 Å². The van der Waals surface area contributed by atoms with Gasteiger partial charge in [0.2, 0.25) is 5.91 Å². The highest BCUT2D eigenvalue weighted by atomic mass is 16.2. The van der Waals surface area contributed by atoms with E-state index in [-0.39, 0.29) is 5.91 Å². The summed E-state index contributed by atoms with van der Waals surface area (Å²) in [6.45, 7) is 4.41. The summed E-state index contributed by atoms with van der Waals surface area (Å²) in [4.78, 5) is 13.7. The number of carbonyl (C=O) groups excluding carboxylic acids is 1. The van der Waals surface area contributed by atoms with E-state index >= 15 is 0 Å². The predicted octanol–water partition coefficient (Wildman–Crippen LogP) is 0.978. The zero-order valence-corrected chi connectivity index (χ0v) is 10.4. The van der Waals surface area contributed by atoms with Crippen LogP contribution in [0, 0.1) is 0 Å². The normalized spacial score (nSPS) is 10.0. The third-order valence-electron chi connectivity index (χ3n) is 2.46. The van der Waals surface area contributed by atoms with E-state index in [1.54, 1.807) is 0 Å². The van der Waals surface area contributed by atoms with Gasteiger partial charge in [-0.1, -0.05) is 18.2 Å². The van der Waals surface area contributed by atoms with Gasteiger partial charge in [-0.3, -0.25) is 4.79 Å². The number of carbonyl (C=O) groups is 1. The van der Waals surface area contributed by atoms with Crippen LogP contribution in [0.5, 0.6) is 0 Å². The number of hydrogen-bond donors (Lipinski definition) is 2. The van der Waals surface area contributed by atoms with Gasteiger partial charge >= 0.3 is 0 Å². The van der Waals surface area contributed by atoms with Gasteiger partial charge in [0.05, 0.1) is 6.54 Å². The van der Waals surface area contributed by atoms with Crippen molar-refractivity contribution < 1.29 is 4.79 Å². The molecule has 0 heterocycles. The Kier molecular flexibility index (Phi) is 6.10. The Morgan fingerprint density at radius 3 is 2.65 bits per heavy atom. The highest BCUT2D eigenvalue weighted by molar-refractivity contribution is 5.81. The minimum absolute atomic E-state index is 0.0494. The monoisotopic (exact) mass is 235 g/mol. The number of benzene rings is 1. The Bertz CT molecular complexity index is 327. The van der Waals surface area contributed by atoms with Gasteiger partial charge in [-0.05, 0) is 32.0 Å². The molecule has 94 valence electrons. The van der Waals surface area contributed by atoms with E-state index in [1.165, 1.54) is 0 Å². The zero-order chi connectivity index (χ0) is 12.5. The minimum Gasteiger partial charge on any atom is -0.362 e. The average molecular weight is 235 g/mol. The minimum atomic E-state index is 0.0494. The lowest BCUT2D eigenvalue weighted by Crippen LogP contribution is -2.38. The molecule has 0 unspecified atom stereocenters. The first-order valence-electron chi connectivity index (χ1n) is 6.04. The number of para-hydroxylation sites is 1. The first-order valence-corrected chi connectivity index (χ1v) is 6.04. The quantitative estimate of drug-likeness (QED) is 0.740. The molecule has 0 bridgehead atoms. The van der Waals surface area contributed by atoms with Crippen molar-refractivity contribution in [2.75, 3.05) is 31.1 Å². The predicted molar refractivity (Wildman–Crippen MR) is 71.0 cm³/mol. The number of hydrogen-bond acceptors (Lipinski definition) is 3. The van der Waals surface area contributed by atoms with Crippen LogP contribution in [0.1, 0.15) is 13.3 Å². The first kappa shape index (κ1) is 13.5. The van der Waals surface area contributed by atoms with Crippen molar-refractivity contribution in [3.8, 4) is 0 Å². The number of anilines is 1. The molecule has 4 heteroatoms. The molecule has 0 spiro atoms. The SMILES string of the molecule is CCNC(=O)CN(CCCN)c1ccccc1. The van der Waals surface area contributed by atoms with Gasteiger partial charge in [0, 0.05) is 18.8 Å². The molecule has 0 aliphatic rings. The Labute approximate surface area is 103 Å². The Hall–Kier alpha value is -1.55. The Morgan fingerprint density at radius 2 is 2.06 bits per heavy atom. The maximum atomic E-state index is 11.6. The standard InChI is InChI=1S/C13H21N3O/c1-2-15-13(17)11-16(10-6-9-14)12-7-4-3-5-8-12/h3-5,7-8H,2,6,9-11,14H2,1H3,(H,15,17). The summed E-state index contributed by atoms with van der Waals surface area (Å²) >= 11 is 0. The molecule has 17 heavy (non-hydrogen) atoms. The summed E-state index contributed by atoms with van der Waals surface area (Å²) in [7, 11) is 0. The number of amides is 1. The molecule has 1 rings (SSSR count). The molecule has 1 amide bonds. The molecule has 0 fully saturated rings. The molecule has 0 radical (unpaired) electrons. The molecule has 0 saturated carbocycles. The fraction of sp³-hybridized carbons (Fsp3) is 0.462. The second kappa shape index (κ2) is 7.68. The van der Waals surface area contributed by atoms with Crippen molar-refractivity contribution in [2.45, 2.75) is 13.3 Å². The van der Waals surface area contributed by atoms with Gasteiger partial charge in [-0.2, -0.15) is 0 Å². The number of likely N-dealkylation sites (N-methyl/N-ethyl adjacent to an activating group) is 1. The number of nitrogens with zero attached hydrogens (tertiary/aromatic N) is 1. The summed E-state index contributed by atoms with van der Waals surface area (Å²) in [5.41, 5.74) is 6.58. The van der Waals surface area contributed by atoms with E-state index in [0.29, 0.717) is 19.6 Å². The van der Waals surface area contributed by atoms with E-state index in [4.69, 9.17) is 5.73 Å². The zero-order valence-electron chi connectivity index (χ0n) is 10.4. The Balaban J connectivity index is 2.63. The summed E-state index contributed by atoms with van der Waals surface area (Å²) in [5, 5.41) is 2.81. The van der Waals surface area contributed by atoms with Crippen LogP contribution >= 0.6 is 0 Å². The van der Waals surface area contributed by atoms with E-state index in [0.717, 1.165) is 18.7 Å². The molecule has 0 aliphatic heterocycles. The third kappa shape index (κ3) is 4.87. The van der Waals surface area contributed by atoms with E-state index in [2.05, 4.69) is 10.2 Å². The van der Waals surface area contributed by atoms with Gasteiger partial charge in [0.15, 0.2) is 0 Å². The van der Waals surface area contributed by atoms with Crippen LogP contribution in [-0.2, 0) is 4.79 Å². The van der Waals surface area contributed by atoms with Gasteiger partial charge < -0.3 is 16.0 Å². The van der Waals surface area contributed by atoms with Crippen molar-refractivity contribution >= 4 is 11.6 Å². The van der Waals surface area contributed by atoms with Crippen LogP contribution in [0.3, 0.4) is 0 Å². The molecule has 4 nitrogen and oxygen atoms in total. The van der Waals surface area contributed by atoms with Gasteiger partial charge in [-0.15, -0.1) is 0 Å². The molecular formula is C13H21N3O. The molecule has 0 atom stereocenters. The summed E-state index contributed by atoms with van der Waals surface area (Å²) in [6, 6.07) is 9.94. The van der Waals surface area contributed by atoms with Crippen LogP contribution in [0.25, 0.3) is 0 Å². The maximum absolute atomic E-state index is 11.6. The van der Waals surface area contributed by atoms with E-state index < -0.39 is 0 Å². The fourth-order valence-electron chi connectivity index (χ4n) is 1.65. The first-order chi connectivity index (χ1) is 8.27. The van der Waals surface area contributed by atoms with Crippen molar-refractivity contribution in [3.05, 3.63) is 30.3 Å². The van der Waals surface area contributed by atoms with Crippen molar-refractivity contribution in [3.63, 3.8) is 0 Å². The van der Waals surface area contributed by atoms with Crippen LogP contribution in [0.15, 0.2) is 30.3 Å². The second-order valence-corrected chi connectivity index (χ2v) is 3.85. The number of nitrogens with two attached hydrogens (primary N) is 1. The summed E-state index contributed by atoms with van der Waals surface area (Å²) in [5.74, 6) is 0.0494. The third-order valence-corrected chi connectivity index (χ3v) is 2.46. The topological polar surface area (TPSA) is 58.4 Å². The summed E-state index contributed by atoms with van der Waals surface area (Å²) < 4.78 is 0. The summed E-state index contributed by atoms with van der Waals surface area (Å²) in [6.07, 6.45) is 0.883. The maximum Gasteiger partial charge on any atom is 0.239 e. The van der Waals surface area contributed by atoms with Crippen molar-refractivity contribution in [1.82, 2.24) is 5.32 Å². The molecule has 3 N–H and O–H groups in total. The molecule has 0 aliphatic carbocycles. The lowest BCUT2D eigenvalue weighted by Gasteiger charge is -2.23. The molecular weight excluding hydrogens is 214 g/mol. The van der Waals surface area contributed by atoms with Crippen molar-refractivity contribution in [2.24, 2.45) is 5.73 Å². The van der Waals surface area contributed by atoms with Crippen LogP contribution in [0.2, 0.25) is 0 Å². The second-order valence-electron chi connectivity index (χ2n) is 3.85. The lowest BCUT2D eigenvalue weighted by molar-refractivity contribution is -0.119. The van der Waals surface area contributed by atoms with Crippen LogP contribution in [-0.4, -0.2) is 32.1 Å². The molecule has 0 aromatic heterocycles.